The predicted molar refractivity (Wildman–Crippen MR) is 138 cm³/mol. The van der Waals surface area contributed by atoms with Gasteiger partial charge in [0.15, 0.2) is 0 Å². The minimum absolute atomic E-state index is 0.0573. The zero-order valence-electron chi connectivity index (χ0n) is 21.0. The summed E-state index contributed by atoms with van der Waals surface area (Å²) in [7, 11) is 1.68. The van der Waals surface area contributed by atoms with Crippen LogP contribution >= 0.6 is 0 Å². The summed E-state index contributed by atoms with van der Waals surface area (Å²) in [5.41, 5.74) is 8.06. The maximum atomic E-state index is 13.8. The molecule has 0 saturated carbocycles. The van der Waals surface area contributed by atoms with Crippen LogP contribution in [0, 0.1) is 27.7 Å². The Bertz CT molecular complexity index is 1330. The molecule has 176 valence electrons. The van der Waals surface area contributed by atoms with Crippen LogP contribution in [0.25, 0.3) is 16.7 Å². The Hall–Kier alpha value is -3.60. The number of ether oxygens (including phenoxy) is 1. The van der Waals surface area contributed by atoms with Crippen molar-refractivity contribution in [1.29, 1.82) is 0 Å². The van der Waals surface area contributed by atoms with Crippen molar-refractivity contribution < 1.29 is 9.53 Å². The summed E-state index contributed by atoms with van der Waals surface area (Å²) in [4.78, 5) is 20.7. The summed E-state index contributed by atoms with van der Waals surface area (Å²) >= 11 is 0. The van der Waals surface area contributed by atoms with Gasteiger partial charge in [-0.2, -0.15) is 0 Å². The molecule has 0 aliphatic carbocycles. The van der Waals surface area contributed by atoms with Crippen LogP contribution in [-0.4, -0.2) is 34.0 Å². The van der Waals surface area contributed by atoms with E-state index in [2.05, 4.69) is 49.6 Å². The van der Waals surface area contributed by atoms with Crippen molar-refractivity contribution in [3.05, 3.63) is 88.2 Å². The molecule has 1 heterocycles. The van der Waals surface area contributed by atoms with Gasteiger partial charge in [0.05, 0.1) is 30.4 Å². The molecule has 0 N–H and O–H groups in total. The van der Waals surface area contributed by atoms with Crippen LogP contribution in [0.15, 0.2) is 54.6 Å². The number of methoxy groups -OCH3 is 1. The lowest BCUT2D eigenvalue weighted by Gasteiger charge is -2.25. The Morgan fingerprint density at radius 1 is 0.971 bits per heavy atom. The van der Waals surface area contributed by atoms with Crippen molar-refractivity contribution in [2.45, 2.75) is 47.6 Å². The number of carbonyl (C=O) groups excluding carboxylic acids is 1. The molecule has 0 saturated heterocycles. The molecule has 5 nitrogen and oxygen atoms in total. The average molecular weight is 456 g/mol. The molecule has 0 fully saturated rings. The van der Waals surface area contributed by atoms with Gasteiger partial charge in [0.25, 0.3) is 5.91 Å². The number of aromatic nitrogens is 2. The number of hydrogen-bond acceptors (Lipinski definition) is 3. The van der Waals surface area contributed by atoms with E-state index in [9.17, 15) is 4.79 Å². The first-order valence-corrected chi connectivity index (χ1v) is 11.8. The minimum atomic E-state index is 0.0573. The van der Waals surface area contributed by atoms with Gasteiger partial charge in [0.2, 0.25) is 0 Å². The number of amides is 1. The summed E-state index contributed by atoms with van der Waals surface area (Å²) in [5, 5.41) is 0. The zero-order valence-corrected chi connectivity index (χ0v) is 21.0. The number of aryl methyl sites for hydroxylation is 4. The second-order valence-electron chi connectivity index (χ2n) is 9.00. The summed E-state index contributed by atoms with van der Waals surface area (Å²) in [5.74, 6) is 1.72. The Balaban J connectivity index is 1.82. The van der Waals surface area contributed by atoms with Gasteiger partial charge < -0.3 is 9.64 Å². The van der Waals surface area contributed by atoms with Crippen LogP contribution in [0.1, 0.15) is 51.8 Å². The first-order valence-electron chi connectivity index (χ1n) is 11.8. The van der Waals surface area contributed by atoms with Gasteiger partial charge >= 0.3 is 0 Å². The highest BCUT2D eigenvalue weighted by atomic mass is 16.5. The van der Waals surface area contributed by atoms with E-state index in [-0.39, 0.29) is 5.91 Å². The lowest BCUT2D eigenvalue weighted by atomic mass is 9.98. The molecule has 0 spiro atoms. The summed E-state index contributed by atoms with van der Waals surface area (Å²) in [6.07, 6.45) is 0.873. The maximum Gasteiger partial charge on any atom is 0.254 e. The van der Waals surface area contributed by atoms with Crippen LogP contribution in [0.5, 0.6) is 5.75 Å². The standard InChI is InChI=1S/C29H33N3O2/c1-7-14-31(29(33)28-21(4)15-19(2)16-22(28)5)18-27-30-24-10-8-9-11-26(24)32(27)25-13-12-23(34-6)17-20(25)3/h8-13,15-17H,7,14,18H2,1-6H3. The van der Waals surface area contributed by atoms with Crippen molar-refractivity contribution >= 4 is 16.9 Å². The summed E-state index contributed by atoms with van der Waals surface area (Å²) in [6, 6.07) is 18.4. The average Bonchev–Trinajstić information content (AvgIpc) is 3.15. The smallest absolute Gasteiger partial charge is 0.254 e. The number of carbonyl (C=O) groups is 1. The van der Waals surface area contributed by atoms with Crippen molar-refractivity contribution in [3.8, 4) is 11.4 Å². The lowest BCUT2D eigenvalue weighted by molar-refractivity contribution is 0.0737. The molecule has 0 atom stereocenters. The van der Waals surface area contributed by atoms with Crippen molar-refractivity contribution in [1.82, 2.24) is 14.5 Å². The SMILES string of the molecule is CCCN(Cc1nc2ccccc2n1-c1ccc(OC)cc1C)C(=O)c1c(C)cc(C)cc1C. The van der Waals surface area contributed by atoms with E-state index in [1.807, 2.05) is 49.1 Å². The van der Waals surface area contributed by atoms with E-state index in [1.54, 1.807) is 7.11 Å². The van der Waals surface area contributed by atoms with E-state index in [0.717, 1.165) is 57.0 Å². The van der Waals surface area contributed by atoms with Gasteiger partial charge in [-0.05, 0) is 81.1 Å². The van der Waals surface area contributed by atoms with E-state index in [1.165, 1.54) is 5.56 Å². The molecule has 34 heavy (non-hydrogen) atoms. The van der Waals surface area contributed by atoms with Crippen molar-refractivity contribution in [3.63, 3.8) is 0 Å². The van der Waals surface area contributed by atoms with Gasteiger partial charge in [-0.25, -0.2) is 4.98 Å². The van der Waals surface area contributed by atoms with Crippen LogP contribution in [0.3, 0.4) is 0 Å². The third-order valence-corrected chi connectivity index (χ3v) is 6.28. The Morgan fingerprint density at radius 3 is 2.32 bits per heavy atom. The molecule has 0 radical (unpaired) electrons. The Morgan fingerprint density at radius 2 is 1.68 bits per heavy atom. The third kappa shape index (κ3) is 4.43. The number of hydrogen-bond donors (Lipinski definition) is 0. The van der Waals surface area contributed by atoms with Crippen molar-refractivity contribution in [2.24, 2.45) is 0 Å². The van der Waals surface area contributed by atoms with Crippen LogP contribution in [0.4, 0.5) is 0 Å². The second-order valence-corrected chi connectivity index (χ2v) is 9.00. The molecule has 0 bridgehead atoms. The van der Waals surface area contributed by atoms with Gasteiger partial charge in [-0.1, -0.05) is 36.8 Å². The first kappa shape index (κ1) is 23.6. The Kier molecular flexibility index (Phi) is 6.73. The molecule has 4 rings (SSSR count). The zero-order chi connectivity index (χ0) is 24.4. The number of benzene rings is 3. The summed E-state index contributed by atoms with van der Waals surface area (Å²) < 4.78 is 7.59. The van der Waals surface area contributed by atoms with Gasteiger partial charge in [0.1, 0.15) is 11.6 Å². The monoisotopic (exact) mass is 455 g/mol. The fourth-order valence-electron chi connectivity index (χ4n) is 4.83. The van der Waals surface area contributed by atoms with E-state index >= 15 is 0 Å². The number of fused-ring (bicyclic) bond motifs is 1. The highest BCUT2D eigenvalue weighted by Gasteiger charge is 2.23. The highest BCUT2D eigenvalue weighted by molar-refractivity contribution is 5.97. The molecule has 4 aromatic rings. The molecular weight excluding hydrogens is 422 g/mol. The Labute approximate surface area is 202 Å². The molecule has 0 unspecified atom stereocenters. The highest BCUT2D eigenvalue weighted by Crippen LogP contribution is 2.28. The lowest BCUT2D eigenvalue weighted by Crippen LogP contribution is -2.33. The molecule has 0 aliphatic heterocycles. The molecule has 3 aromatic carbocycles. The van der Waals surface area contributed by atoms with Crippen LogP contribution < -0.4 is 4.74 Å². The van der Waals surface area contributed by atoms with E-state index < -0.39 is 0 Å². The number of imidazole rings is 1. The van der Waals surface area contributed by atoms with Gasteiger partial charge in [0, 0.05) is 12.1 Å². The largest absolute Gasteiger partial charge is 0.497 e. The fourth-order valence-corrected chi connectivity index (χ4v) is 4.83. The van der Waals surface area contributed by atoms with Crippen LogP contribution in [-0.2, 0) is 6.54 Å². The first-order chi connectivity index (χ1) is 16.3. The maximum absolute atomic E-state index is 13.8. The van der Waals surface area contributed by atoms with E-state index in [0.29, 0.717) is 13.1 Å². The third-order valence-electron chi connectivity index (χ3n) is 6.28. The van der Waals surface area contributed by atoms with Gasteiger partial charge in [-0.3, -0.25) is 9.36 Å². The molecular formula is C29H33N3O2. The normalized spacial score (nSPS) is 11.1. The quantitative estimate of drug-likeness (QED) is 0.328. The molecule has 1 amide bonds. The van der Waals surface area contributed by atoms with Crippen LogP contribution in [0.2, 0.25) is 0 Å². The summed E-state index contributed by atoms with van der Waals surface area (Å²) in [6.45, 7) is 11.4. The predicted octanol–water partition coefficient (Wildman–Crippen LogP) is 6.32. The minimum Gasteiger partial charge on any atom is -0.497 e. The number of rotatable bonds is 7. The fraction of sp³-hybridized carbons (Fsp3) is 0.310. The second kappa shape index (κ2) is 9.72. The number of para-hydroxylation sites is 2. The van der Waals surface area contributed by atoms with E-state index in [4.69, 9.17) is 9.72 Å². The molecule has 1 aromatic heterocycles. The van der Waals surface area contributed by atoms with Crippen molar-refractivity contribution in [2.75, 3.05) is 13.7 Å². The molecule has 5 heteroatoms. The van der Waals surface area contributed by atoms with Gasteiger partial charge in [-0.15, -0.1) is 0 Å². The topological polar surface area (TPSA) is 47.4 Å². The molecule has 0 aliphatic rings. The number of nitrogens with zero attached hydrogens (tertiary/aromatic N) is 3.